The van der Waals surface area contributed by atoms with E-state index in [1.54, 1.807) is 0 Å². The molecular formula is C8H19N3. The molecule has 3 nitrogen and oxygen atoms in total. The predicted octanol–water partition coefficient (Wildman–Crippen LogP) is -0.0235. The van der Waals surface area contributed by atoms with Crippen molar-refractivity contribution in [3.8, 4) is 0 Å². The number of likely N-dealkylation sites (tertiary alicyclic amines) is 1. The molecule has 0 aromatic carbocycles. The summed E-state index contributed by atoms with van der Waals surface area (Å²) in [6.07, 6.45) is 2.31. The van der Waals surface area contributed by atoms with Gasteiger partial charge in [0.25, 0.3) is 0 Å². The summed E-state index contributed by atoms with van der Waals surface area (Å²) in [5.41, 5.74) is 5.98. The lowest BCUT2D eigenvalue weighted by Gasteiger charge is -2.39. The van der Waals surface area contributed by atoms with Gasteiger partial charge in [0.15, 0.2) is 0 Å². The molecular weight excluding hydrogens is 138 g/mol. The van der Waals surface area contributed by atoms with Gasteiger partial charge in [-0.2, -0.15) is 0 Å². The van der Waals surface area contributed by atoms with Crippen LogP contribution in [0.4, 0.5) is 0 Å². The van der Waals surface area contributed by atoms with E-state index in [1.165, 1.54) is 13.0 Å². The third-order valence-corrected chi connectivity index (χ3v) is 2.24. The topological polar surface area (TPSA) is 41.3 Å². The zero-order chi connectivity index (χ0) is 8.32. The Bertz CT molecular complexity index is 123. The molecule has 1 aliphatic rings. The predicted molar refractivity (Wildman–Crippen MR) is 47.3 cm³/mol. The van der Waals surface area contributed by atoms with Crippen molar-refractivity contribution in [1.29, 1.82) is 0 Å². The van der Waals surface area contributed by atoms with Gasteiger partial charge in [0.1, 0.15) is 0 Å². The van der Waals surface area contributed by atoms with Crippen LogP contribution in [0.2, 0.25) is 0 Å². The standard InChI is InChI=1S/C8H19N3/c1-3-10-8(9)5-4-6-11(2)7-8/h10H,3-7,9H2,1-2H3. The number of nitrogens with two attached hydrogens (primary N) is 1. The van der Waals surface area contributed by atoms with Crippen molar-refractivity contribution < 1.29 is 0 Å². The second-order valence-electron chi connectivity index (χ2n) is 3.53. The van der Waals surface area contributed by atoms with E-state index in [0.717, 1.165) is 19.5 Å². The molecule has 0 radical (unpaired) electrons. The maximum absolute atomic E-state index is 6.11. The molecule has 11 heavy (non-hydrogen) atoms. The lowest BCUT2D eigenvalue weighted by atomic mass is 10.00. The Morgan fingerprint density at radius 3 is 2.91 bits per heavy atom. The van der Waals surface area contributed by atoms with E-state index >= 15 is 0 Å². The van der Waals surface area contributed by atoms with E-state index < -0.39 is 0 Å². The zero-order valence-corrected chi connectivity index (χ0v) is 7.56. The molecule has 0 saturated carbocycles. The van der Waals surface area contributed by atoms with Crippen molar-refractivity contribution in [3.05, 3.63) is 0 Å². The van der Waals surface area contributed by atoms with Crippen molar-refractivity contribution in [3.63, 3.8) is 0 Å². The van der Waals surface area contributed by atoms with E-state index in [0.29, 0.717) is 0 Å². The Morgan fingerprint density at radius 2 is 2.36 bits per heavy atom. The van der Waals surface area contributed by atoms with Crippen LogP contribution in [0.5, 0.6) is 0 Å². The van der Waals surface area contributed by atoms with Gasteiger partial charge in [0.05, 0.1) is 5.66 Å². The molecule has 66 valence electrons. The summed E-state index contributed by atoms with van der Waals surface area (Å²) in [6, 6.07) is 0. The van der Waals surface area contributed by atoms with Gasteiger partial charge in [-0.05, 0) is 33.0 Å². The maximum atomic E-state index is 6.11. The van der Waals surface area contributed by atoms with Crippen LogP contribution in [0.25, 0.3) is 0 Å². The van der Waals surface area contributed by atoms with Gasteiger partial charge in [0.2, 0.25) is 0 Å². The first-order valence-corrected chi connectivity index (χ1v) is 4.39. The molecule has 0 amide bonds. The van der Waals surface area contributed by atoms with E-state index in [1.807, 2.05) is 0 Å². The Morgan fingerprint density at radius 1 is 1.64 bits per heavy atom. The average Bonchev–Trinajstić information content (AvgIpc) is 1.86. The molecule has 1 heterocycles. The second kappa shape index (κ2) is 3.52. The minimum Gasteiger partial charge on any atom is -0.312 e. The summed E-state index contributed by atoms with van der Waals surface area (Å²) in [4.78, 5) is 2.28. The highest BCUT2D eigenvalue weighted by Gasteiger charge is 2.28. The molecule has 1 saturated heterocycles. The zero-order valence-electron chi connectivity index (χ0n) is 7.56. The van der Waals surface area contributed by atoms with Gasteiger partial charge >= 0.3 is 0 Å². The van der Waals surface area contributed by atoms with Crippen LogP contribution < -0.4 is 11.1 Å². The van der Waals surface area contributed by atoms with Gasteiger partial charge in [-0.25, -0.2) is 0 Å². The first-order valence-electron chi connectivity index (χ1n) is 4.39. The first kappa shape index (κ1) is 8.97. The van der Waals surface area contributed by atoms with Crippen LogP contribution in [-0.2, 0) is 0 Å². The Labute approximate surface area is 68.9 Å². The summed E-state index contributed by atoms with van der Waals surface area (Å²) in [6.45, 7) is 5.22. The molecule has 1 fully saturated rings. The largest absolute Gasteiger partial charge is 0.312 e. The molecule has 1 unspecified atom stereocenters. The van der Waals surface area contributed by atoms with Crippen LogP contribution in [0.15, 0.2) is 0 Å². The number of piperidine rings is 1. The SMILES string of the molecule is CCNC1(N)CCCN(C)C1. The van der Waals surface area contributed by atoms with Crippen molar-refractivity contribution in [2.45, 2.75) is 25.4 Å². The molecule has 3 heteroatoms. The van der Waals surface area contributed by atoms with E-state index in [2.05, 4.69) is 24.2 Å². The molecule has 0 aromatic rings. The Balaban J connectivity index is 2.41. The highest BCUT2D eigenvalue weighted by Crippen LogP contribution is 2.13. The summed E-state index contributed by atoms with van der Waals surface area (Å²) in [5.74, 6) is 0. The quantitative estimate of drug-likeness (QED) is 0.553. The van der Waals surface area contributed by atoms with Gasteiger partial charge in [-0.3, -0.25) is 5.32 Å². The second-order valence-corrected chi connectivity index (χ2v) is 3.53. The van der Waals surface area contributed by atoms with Crippen molar-refractivity contribution >= 4 is 0 Å². The molecule has 1 aliphatic heterocycles. The summed E-state index contributed by atoms with van der Waals surface area (Å²) in [7, 11) is 2.12. The van der Waals surface area contributed by atoms with Crippen LogP contribution in [0.3, 0.4) is 0 Å². The number of likely N-dealkylation sites (N-methyl/N-ethyl adjacent to an activating group) is 2. The average molecular weight is 157 g/mol. The first-order chi connectivity index (χ1) is 5.16. The summed E-state index contributed by atoms with van der Waals surface area (Å²) < 4.78 is 0. The van der Waals surface area contributed by atoms with Gasteiger partial charge in [-0.15, -0.1) is 0 Å². The van der Waals surface area contributed by atoms with Crippen molar-refractivity contribution in [2.75, 3.05) is 26.7 Å². The van der Waals surface area contributed by atoms with Crippen LogP contribution in [0, 0.1) is 0 Å². The third kappa shape index (κ3) is 2.43. The van der Waals surface area contributed by atoms with Crippen LogP contribution in [0.1, 0.15) is 19.8 Å². The van der Waals surface area contributed by atoms with E-state index in [4.69, 9.17) is 5.73 Å². The van der Waals surface area contributed by atoms with Crippen LogP contribution in [-0.4, -0.2) is 37.2 Å². The number of nitrogens with zero attached hydrogens (tertiary/aromatic N) is 1. The summed E-state index contributed by atoms with van der Waals surface area (Å²) >= 11 is 0. The van der Waals surface area contributed by atoms with Gasteiger partial charge < -0.3 is 10.6 Å². The smallest absolute Gasteiger partial charge is 0.0792 e. The fraction of sp³-hybridized carbons (Fsp3) is 1.00. The molecule has 1 atom stereocenters. The highest BCUT2D eigenvalue weighted by molar-refractivity contribution is 4.87. The lowest BCUT2D eigenvalue weighted by molar-refractivity contribution is 0.151. The maximum Gasteiger partial charge on any atom is 0.0792 e. The molecule has 3 N–H and O–H groups in total. The van der Waals surface area contributed by atoms with Gasteiger partial charge in [-0.1, -0.05) is 6.92 Å². The summed E-state index contributed by atoms with van der Waals surface area (Å²) in [5, 5.41) is 3.33. The number of hydrogen-bond acceptors (Lipinski definition) is 3. The number of nitrogens with one attached hydrogen (secondary N) is 1. The Hall–Kier alpha value is -0.120. The molecule has 0 aliphatic carbocycles. The number of rotatable bonds is 2. The highest BCUT2D eigenvalue weighted by atomic mass is 15.2. The fourth-order valence-electron chi connectivity index (χ4n) is 1.80. The molecule has 0 bridgehead atoms. The van der Waals surface area contributed by atoms with E-state index in [-0.39, 0.29) is 5.66 Å². The van der Waals surface area contributed by atoms with Crippen LogP contribution >= 0.6 is 0 Å². The minimum atomic E-state index is -0.123. The van der Waals surface area contributed by atoms with Gasteiger partial charge in [0, 0.05) is 6.54 Å². The lowest BCUT2D eigenvalue weighted by Crippen LogP contribution is -2.62. The third-order valence-electron chi connectivity index (χ3n) is 2.24. The minimum absolute atomic E-state index is 0.123. The van der Waals surface area contributed by atoms with E-state index in [9.17, 15) is 0 Å². The van der Waals surface area contributed by atoms with Crippen molar-refractivity contribution in [1.82, 2.24) is 10.2 Å². The number of hydrogen-bond donors (Lipinski definition) is 2. The normalized spacial score (nSPS) is 34.1. The molecule has 1 rings (SSSR count). The fourth-order valence-corrected chi connectivity index (χ4v) is 1.80. The Kier molecular flexibility index (Phi) is 2.87. The molecule has 0 spiro atoms. The molecule has 0 aromatic heterocycles. The van der Waals surface area contributed by atoms with Crippen molar-refractivity contribution in [2.24, 2.45) is 5.73 Å². The monoisotopic (exact) mass is 157 g/mol.